The van der Waals surface area contributed by atoms with Crippen molar-refractivity contribution in [1.82, 2.24) is 9.97 Å². The van der Waals surface area contributed by atoms with E-state index in [4.69, 9.17) is 6.78 Å². The fraction of sp³-hybridized carbons (Fsp3) is 0.0833. The smallest absolute Gasteiger partial charge is 0.405 e. The molecule has 2 aromatic rings. The summed E-state index contributed by atoms with van der Waals surface area (Å²) in [4.78, 5) is 15.3. The molecule has 0 saturated heterocycles. The zero-order chi connectivity index (χ0) is 15.9. The molecule has 1 aromatic carbocycles. The van der Waals surface area contributed by atoms with Crippen LogP contribution in [0.1, 0.15) is 1.37 Å². The van der Waals surface area contributed by atoms with Crippen LogP contribution in [0.15, 0.2) is 40.4 Å². The van der Waals surface area contributed by atoms with Gasteiger partial charge in [0.15, 0.2) is 11.3 Å². The Labute approximate surface area is 116 Å². The standard InChI is InChI=1S/C12H6F3N5O/c13-12(14,15)21-8-4-2-1-3-6(8)9-17-5-7-10(19-9)20-11(16)18-7/h1-5,16H/i4D. The number of halogens is 3. The Morgan fingerprint density at radius 1 is 1.24 bits per heavy atom. The van der Waals surface area contributed by atoms with Gasteiger partial charge in [-0.05, 0) is 12.1 Å². The van der Waals surface area contributed by atoms with Crippen molar-refractivity contribution in [2.24, 2.45) is 9.98 Å². The van der Waals surface area contributed by atoms with Crippen molar-refractivity contribution in [3.63, 3.8) is 0 Å². The molecular weight excluding hydrogens is 287 g/mol. The molecule has 1 aliphatic rings. The average Bonchev–Trinajstić information content (AvgIpc) is 2.78. The number of hydrogen-bond donors (Lipinski definition) is 1. The molecule has 1 N–H and O–H groups in total. The van der Waals surface area contributed by atoms with Crippen LogP contribution >= 0.6 is 0 Å². The number of para-hydroxylation sites is 1. The third-order valence-corrected chi connectivity index (χ3v) is 2.47. The first-order valence-electron chi connectivity index (χ1n) is 6.08. The zero-order valence-corrected chi connectivity index (χ0v) is 10.1. The van der Waals surface area contributed by atoms with Crippen molar-refractivity contribution in [3.8, 4) is 17.1 Å². The Bertz CT molecular complexity index is 897. The van der Waals surface area contributed by atoms with Crippen LogP contribution in [0, 0.1) is 5.41 Å². The van der Waals surface area contributed by atoms with Gasteiger partial charge in [-0.15, -0.1) is 13.2 Å². The molecule has 9 heteroatoms. The van der Waals surface area contributed by atoms with E-state index >= 15 is 0 Å². The number of hydrogen-bond acceptors (Lipinski definition) is 4. The summed E-state index contributed by atoms with van der Waals surface area (Å²) in [5, 5.41) is 7.56. The Morgan fingerprint density at radius 3 is 2.81 bits per heavy atom. The third kappa shape index (κ3) is 2.71. The van der Waals surface area contributed by atoms with Crippen LogP contribution in [0.25, 0.3) is 11.4 Å². The summed E-state index contributed by atoms with van der Waals surface area (Å²) in [7, 11) is 0. The molecule has 21 heavy (non-hydrogen) atoms. The molecule has 3 rings (SSSR count). The predicted molar refractivity (Wildman–Crippen MR) is 64.2 cm³/mol. The SMILES string of the molecule is [2H]c1cccc(-c2ncc3c(n2)=NC(=N)N=3)c1OC(F)(F)F. The molecule has 1 aromatic heterocycles. The maximum absolute atomic E-state index is 12.5. The van der Waals surface area contributed by atoms with Crippen molar-refractivity contribution in [3.05, 3.63) is 41.3 Å². The first kappa shape index (κ1) is 11.9. The number of alkyl halides is 3. The van der Waals surface area contributed by atoms with E-state index in [9.17, 15) is 13.2 Å². The second kappa shape index (κ2) is 4.62. The van der Waals surface area contributed by atoms with E-state index in [0.717, 1.165) is 6.07 Å². The normalized spacial score (nSPS) is 14.0. The molecule has 0 saturated carbocycles. The van der Waals surface area contributed by atoms with Gasteiger partial charge in [0.25, 0.3) is 0 Å². The molecule has 106 valence electrons. The van der Waals surface area contributed by atoms with E-state index in [1.54, 1.807) is 0 Å². The number of nitrogens with one attached hydrogen (secondary N) is 1. The maximum atomic E-state index is 12.5. The highest BCUT2D eigenvalue weighted by Gasteiger charge is 2.32. The summed E-state index contributed by atoms with van der Waals surface area (Å²) in [5.74, 6) is -1.05. The molecule has 0 unspecified atom stereocenters. The lowest BCUT2D eigenvalue weighted by Crippen LogP contribution is -2.27. The van der Waals surface area contributed by atoms with Crippen molar-refractivity contribution >= 4 is 5.96 Å². The number of guanidine groups is 1. The minimum atomic E-state index is -4.94. The fourth-order valence-electron chi connectivity index (χ4n) is 1.69. The van der Waals surface area contributed by atoms with E-state index in [1.807, 2.05) is 0 Å². The van der Waals surface area contributed by atoms with Crippen molar-refractivity contribution < 1.29 is 19.3 Å². The molecule has 0 amide bonds. The molecule has 1 aliphatic heterocycles. The second-order valence-electron chi connectivity index (χ2n) is 3.91. The Hall–Kier alpha value is -2.84. The Balaban J connectivity index is 2.16. The molecule has 0 radical (unpaired) electrons. The van der Waals surface area contributed by atoms with Gasteiger partial charge in [-0.2, -0.15) is 4.99 Å². The summed E-state index contributed by atoms with van der Waals surface area (Å²) < 4.78 is 48.9. The van der Waals surface area contributed by atoms with Gasteiger partial charge in [-0.3, -0.25) is 5.41 Å². The highest BCUT2D eigenvalue weighted by molar-refractivity contribution is 5.79. The lowest BCUT2D eigenvalue weighted by molar-refractivity contribution is -0.274. The van der Waals surface area contributed by atoms with Crippen LogP contribution < -0.4 is 15.6 Å². The van der Waals surface area contributed by atoms with Gasteiger partial charge in [-0.1, -0.05) is 12.1 Å². The van der Waals surface area contributed by atoms with Gasteiger partial charge < -0.3 is 4.74 Å². The highest BCUT2D eigenvalue weighted by Crippen LogP contribution is 2.31. The lowest BCUT2D eigenvalue weighted by atomic mass is 10.2. The molecule has 0 fully saturated rings. The number of benzene rings is 1. The van der Waals surface area contributed by atoms with E-state index < -0.39 is 18.2 Å². The monoisotopic (exact) mass is 294 g/mol. The van der Waals surface area contributed by atoms with Crippen LogP contribution in [0.4, 0.5) is 13.2 Å². The number of rotatable bonds is 2. The zero-order valence-electron chi connectivity index (χ0n) is 11.1. The van der Waals surface area contributed by atoms with E-state index in [0.29, 0.717) is 0 Å². The fourth-order valence-corrected chi connectivity index (χ4v) is 1.69. The van der Waals surface area contributed by atoms with Gasteiger partial charge in [0.05, 0.1) is 13.1 Å². The Kier molecular flexibility index (Phi) is 2.62. The van der Waals surface area contributed by atoms with Crippen LogP contribution in [-0.4, -0.2) is 22.3 Å². The first-order chi connectivity index (χ1) is 10.3. The number of fused-ring (bicyclic) bond motifs is 1. The van der Waals surface area contributed by atoms with Gasteiger partial charge in [0.2, 0.25) is 5.96 Å². The van der Waals surface area contributed by atoms with E-state index in [2.05, 4.69) is 24.7 Å². The molecule has 0 bridgehead atoms. The van der Waals surface area contributed by atoms with Gasteiger partial charge in [-0.25, -0.2) is 15.0 Å². The van der Waals surface area contributed by atoms with Crippen LogP contribution in [0.5, 0.6) is 5.75 Å². The van der Waals surface area contributed by atoms with Gasteiger partial charge >= 0.3 is 6.36 Å². The average molecular weight is 294 g/mol. The van der Waals surface area contributed by atoms with Crippen molar-refractivity contribution in [1.29, 1.82) is 5.41 Å². The number of ether oxygens (including phenoxy) is 1. The van der Waals surface area contributed by atoms with E-state index in [1.165, 1.54) is 18.3 Å². The molecule has 0 aliphatic carbocycles. The number of aromatic nitrogens is 2. The predicted octanol–water partition coefficient (Wildman–Crippen LogP) is 1.23. The van der Waals surface area contributed by atoms with Gasteiger partial charge in [0, 0.05) is 0 Å². The summed E-state index contributed by atoms with van der Waals surface area (Å²) in [6.07, 6.45) is -3.69. The second-order valence-corrected chi connectivity index (χ2v) is 3.91. The summed E-state index contributed by atoms with van der Waals surface area (Å²) >= 11 is 0. The third-order valence-electron chi connectivity index (χ3n) is 2.47. The molecular formula is C12H6F3N5O. The minimum absolute atomic E-state index is 0.0864. The Morgan fingerprint density at radius 2 is 2.05 bits per heavy atom. The van der Waals surface area contributed by atoms with Crippen LogP contribution in [-0.2, 0) is 0 Å². The summed E-state index contributed by atoms with van der Waals surface area (Å²) in [6, 6.07) is 3.40. The quantitative estimate of drug-likeness (QED) is 0.904. The first-order valence-corrected chi connectivity index (χ1v) is 5.58. The molecule has 6 nitrogen and oxygen atoms in total. The van der Waals surface area contributed by atoms with E-state index in [-0.39, 0.29) is 28.2 Å². The largest absolute Gasteiger partial charge is 0.573 e. The molecule has 0 atom stereocenters. The maximum Gasteiger partial charge on any atom is 0.573 e. The van der Waals surface area contributed by atoms with Crippen molar-refractivity contribution in [2.45, 2.75) is 6.36 Å². The van der Waals surface area contributed by atoms with Gasteiger partial charge in [0.1, 0.15) is 11.1 Å². The van der Waals surface area contributed by atoms with Crippen molar-refractivity contribution in [2.75, 3.05) is 0 Å². The minimum Gasteiger partial charge on any atom is -0.405 e. The summed E-state index contributed by atoms with van der Waals surface area (Å²) in [5.41, 5.74) is -0.00963. The topological polar surface area (TPSA) is 83.6 Å². The summed E-state index contributed by atoms with van der Waals surface area (Å²) in [6.45, 7) is 0. The highest BCUT2D eigenvalue weighted by atomic mass is 19.4. The lowest BCUT2D eigenvalue weighted by Gasteiger charge is -2.11. The molecule has 2 heterocycles. The van der Waals surface area contributed by atoms with Crippen LogP contribution in [0.2, 0.25) is 0 Å². The number of nitrogens with zero attached hydrogens (tertiary/aromatic N) is 4. The molecule has 0 spiro atoms. The van der Waals surface area contributed by atoms with Crippen LogP contribution in [0.3, 0.4) is 0 Å².